The summed E-state index contributed by atoms with van der Waals surface area (Å²) in [5.41, 5.74) is -0.181. The number of nitrogens with zero attached hydrogens (tertiary/aromatic N) is 1. The summed E-state index contributed by atoms with van der Waals surface area (Å²) < 4.78 is 0. The van der Waals surface area contributed by atoms with E-state index in [2.05, 4.69) is 0 Å². The Bertz CT molecular complexity index is 273. The lowest BCUT2D eigenvalue weighted by Gasteiger charge is -1.95. The number of aliphatic carboxylic acids is 1. The van der Waals surface area contributed by atoms with Gasteiger partial charge in [0.1, 0.15) is 0 Å². The van der Waals surface area contributed by atoms with Gasteiger partial charge in [-0.05, 0) is 11.3 Å². The number of carboxylic acids is 1. The lowest BCUT2D eigenvalue weighted by atomic mass is 10.1. The maximum atomic E-state index is 10.6. The zero-order valence-corrected chi connectivity index (χ0v) is 7.11. The summed E-state index contributed by atoms with van der Waals surface area (Å²) in [6, 6.07) is 1.86. The number of carboxylic acid groups (broad SMARTS) is 1. The van der Waals surface area contributed by atoms with Crippen molar-refractivity contribution in [1.29, 1.82) is 5.26 Å². The van der Waals surface area contributed by atoms with Crippen LogP contribution in [0.4, 0.5) is 0 Å². The topological polar surface area (TPSA) is 61.1 Å². The van der Waals surface area contributed by atoms with Crippen LogP contribution >= 0.6 is 0 Å². The van der Waals surface area contributed by atoms with Crippen LogP contribution in [0.3, 0.4) is 0 Å². The van der Waals surface area contributed by atoms with Crippen LogP contribution in [0.5, 0.6) is 0 Å². The van der Waals surface area contributed by atoms with Crippen LogP contribution in [0.15, 0.2) is 12.2 Å². The molecule has 64 valence electrons. The second-order valence-corrected chi connectivity index (χ2v) is 3.65. The first-order valence-corrected chi connectivity index (χ1v) is 3.81. The summed E-state index contributed by atoms with van der Waals surface area (Å²) in [6.07, 6.45) is 3.04. The van der Waals surface area contributed by atoms with Crippen LogP contribution in [0, 0.1) is 28.6 Å². The molecule has 0 spiro atoms. The maximum Gasteiger partial charge on any atom is 0.307 e. The molecule has 0 aliphatic heterocycles. The Labute approximate surface area is 71.3 Å². The average Bonchev–Trinajstić information content (AvgIpc) is 2.49. The van der Waals surface area contributed by atoms with Gasteiger partial charge < -0.3 is 5.11 Å². The molecule has 0 heterocycles. The summed E-state index contributed by atoms with van der Waals surface area (Å²) >= 11 is 0. The molecule has 0 aromatic rings. The normalized spacial score (nSPS) is 31.4. The number of nitriles is 1. The summed E-state index contributed by atoms with van der Waals surface area (Å²) in [5.74, 6) is -1.07. The van der Waals surface area contributed by atoms with E-state index in [4.69, 9.17) is 10.4 Å². The van der Waals surface area contributed by atoms with Crippen molar-refractivity contribution >= 4 is 5.97 Å². The molecule has 0 unspecified atom stereocenters. The van der Waals surface area contributed by atoms with Gasteiger partial charge in [0.05, 0.1) is 12.0 Å². The molecule has 1 aliphatic rings. The summed E-state index contributed by atoms with van der Waals surface area (Å²) in [5, 5.41) is 17.0. The summed E-state index contributed by atoms with van der Waals surface area (Å²) in [4.78, 5) is 10.6. The van der Waals surface area contributed by atoms with Crippen LogP contribution in [-0.4, -0.2) is 11.1 Å². The highest BCUT2D eigenvalue weighted by Gasteiger charge is 2.60. The molecular formula is C9H11NO2. The van der Waals surface area contributed by atoms with E-state index in [9.17, 15) is 4.79 Å². The van der Waals surface area contributed by atoms with E-state index < -0.39 is 5.97 Å². The van der Waals surface area contributed by atoms with Crippen LogP contribution in [0.1, 0.15) is 13.8 Å². The first-order valence-electron chi connectivity index (χ1n) is 3.81. The second kappa shape index (κ2) is 2.63. The van der Waals surface area contributed by atoms with Gasteiger partial charge in [-0.1, -0.05) is 19.9 Å². The Balaban J connectivity index is 2.68. The predicted octanol–water partition coefficient (Wildman–Crippen LogP) is 1.42. The van der Waals surface area contributed by atoms with Gasteiger partial charge in [0.2, 0.25) is 0 Å². The first-order chi connectivity index (χ1) is 5.51. The minimum Gasteiger partial charge on any atom is -0.481 e. The first kappa shape index (κ1) is 8.79. The molecule has 0 aromatic heterocycles. The van der Waals surface area contributed by atoms with Crippen molar-refractivity contribution in [2.45, 2.75) is 13.8 Å². The van der Waals surface area contributed by atoms with Gasteiger partial charge in [-0.2, -0.15) is 5.26 Å². The zero-order chi connectivity index (χ0) is 9.35. The highest BCUT2D eigenvalue weighted by atomic mass is 16.4. The fraction of sp³-hybridized carbons (Fsp3) is 0.556. The van der Waals surface area contributed by atoms with E-state index >= 15 is 0 Å². The molecule has 1 fully saturated rings. The summed E-state index contributed by atoms with van der Waals surface area (Å²) in [6.45, 7) is 3.80. The summed E-state index contributed by atoms with van der Waals surface area (Å²) in [7, 11) is 0. The van der Waals surface area contributed by atoms with Gasteiger partial charge in [-0.3, -0.25) is 4.79 Å². The van der Waals surface area contributed by atoms with Gasteiger partial charge in [-0.25, -0.2) is 0 Å². The number of rotatable bonds is 2. The van der Waals surface area contributed by atoms with E-state index in [1.807, 2.05) is 19.9 Å². The van der Waals surface area contributed by atoms with Crippen molar-refractivity contribution in [3.8, 4) is 6.07 Å². The standard InChI is InChI=1S/C9H11NO2/c1-9(2)6(4-3-5-10)7(9)8(11)12/h3-4,6-7H,1-2H3,(H,11,12)/b4-3-/t6-,7+/m1/s1. The van der Waals surface area contributed by atoms with E-state index in [1.54, 1.807) is 6.08 Å². The van der Waals surface area contributed by atoms with Gasteiger partial charge in [-0.15, -0.1) is 0 Å². The third-order valence-corrected chi connectivity index (χ3v) is 2.55. The van der Waals surface area contributed by atoms with E-state index in [0.29, 0.717) is 0 Å². The quantitative estimate of drug-likeness (QED) is 0.629. The molecule has 0 bridgehead atoms. The molecular weight excluding hydrogens is 154 g/mol. The Kier molecular flexibility index (Phi) is 1.93. The van der Waals surface area contributed by atoms with Crippen molar-refractivity contribution in [3.05, 3.63) is 12.2 Å². The lowest BCUT2D eigenvalue weighted by Crippen LogP contribution is -2.02. The average molecular weight is 165 g/mol. The minimum atomic E-state index is -0.771. The molecule has 0 radical (unpaired) electrons. The smallest absolute Gasteiger partial charge is 0.307 e. The molecule has 12 heavy (non-hydrogen) atoms. The molecule has 2 atom stereocenters. The van der Waals surface area contributed by atoms with Gasteiger partial charge in [0, 0.05) is 6.08 Å². The molecule has 1 rings (SSSR count). The van der Waals surface area contributed by atoms with E-state index in [-0.39, 0.29) is 17.3 Å². The van der Waals surface area contributed by atoms with Gasteiger partial charge in [0.15, 0.2) is 0 Å². The number of hydrogen-bond donors (Lipinski definition) is 1. The Hall–Kier alpha value is -1.30. The van der Waals surface area contributed by atoms with Crippen molar-refractivity contribution < 1.29 is 9.90 Å². The number of allylic oxidation sites excluding steroid dienone is 2. The van der Waals surface area contributed by atoms with E-state index in [0.717, 1.165) is 0 Å². The monoisotopic (exact) mass is 165 g/mol. The van der Waals surface area contributed by atoms with Crippen molar-refractivity contribution in [1.82, 2.24) is 0 Å². The lowest BCUT2D eigenvalue weighted by molar-refractivity contribution is -0.139. The van der Waals surface area contributed by atoms with Gasteiger partial charge in [0.25, 0.3) is 0 Å². The highest BCUT2D eigenvalue weighted by molar-refractivity contribution is 5.76. The second-order valence-electron chi connectivity index (χ2n) is 3.65. The number of hydrogen-bond acceptors (Lipinski definition) is 2. The molecule has 3 heteroatoms. The van der Waals surface area contributed by atoms with Crippen molar-refractivity contribution in [2.75, 3.05) is 0 Å². The van der Waals surface area contributed by atoms with Gasteiger partial charge >= 0.3 is 5.97 Å². The third-order valence-electron chi connectivity index (χ3n) is 2.55. The Morgan fingerprint density at radius 3 is 2.58 bits per heavy atom. The minimum absolute atomic E-state index is 0.0228. The van der Waals surface area contributed by atoms with Crippen LogP contribution in [0.2, 0.25) is 0 Å². The van der Waals surface area contributed by atoms with E-state index in [1.165, 1.54) is 6.08 Å². The molecule has 1 N–H and O–H groups in total. The fourth-order valence-electron chi connectivity index (χ4n) is 1.66. The molecule has 1 saturated carbocycles. The Morgan fingerprint density at radius 2 is 2.25 bits per heavy atom. The van der Waals surface area contributed by atoms with Crippen LogP contribution < -0.4 is 0 Å². The zero-order valence-electron chi connectivity index (χ0n) is 7.11. The molecule has 1 aliphatic carbocycles. The molecule has 3 nitrogen and oxygen atoms in total. The Morgan fingerprint density at radius 1 is 1.67 bits per heavy atom. The van der Waals surface area contributed by atoms with Crippen LogP contribution in [-0.2, 0) is 4.79 Å². The number of carbonyl (C=O) groups is 1. The van der Waals surface area contributed by atoms with Crippen molar-refractivity contribution in [2.24, 2.45) is 17.3 Å². The fourth-order valence-corrected chi connectivity index (χ4v) is 1.66. The SMILES string of the molecule is CC1(C)[C@H](/C=C\C#N)[C@H]1C(=O)O. The highest BCUT2D eigenvalue weighted by Crippen LogP contribution is 2.58. The van der Waals surface area contributed by atoms with Crippen molar-refractivity contribution in [3.63, 3.8) is 0 Å². The molecule has 0 aromatic carbocycles. The van der Waals surface area contributed by atoms with Crippen LogP contribution in [0.25, 0.3) is 0 Å². The molecule has 0 amide bonds. The molecule has 0 saturated heterocycles. The largest absolute Gasteiger partial charge is 0.481 e. The predicted molar refractivity (Wildman–Crippen MR) is 43.1 cm³/mol. The third kappa shape index (κ3) is 1.20. The maximum absolute atomic E-state index is 10.6.